The third-order valence-corrected chi connectivity index (χ3v) is 7.88. The second-order valence-electron chi connectivity index (χ2n) is 9.97. The number of carbonyl (C=O) groups excluding carboxylic acids is 2. The number of benzene rings is 2. The number of rotatable bonds is 5. The fourth-order valence-corrected chi connectivity index (χ4v) is 5.66. The van der Waals surface area contributed by atoms with Gasteiger partial charge in [-0.05, 0) is 49.4 Å². The van der Waals surface area contributed by atoms with Crippen LogP contribution in [0.3, 0.4) is 0 Å². The molecule has 2 aliphatic rings. The molecule has 0 bridgehead atoms. The molecule has 0 unspecified atom stereocenters. The first kappa shape index (κ1) is 29.0. The summed E-state index contributed by atoms with van der Waals surface area (Å²) in [5.41, 5.74) is 8.14. The maximum absolute atomic E-state index is 13.7. The van der Waals surface area contributed by atoms with E-state index in [1.165, 1.54) is 9.58 Å². The largest absolute Gasteiger partial charge is 0.483 e. The van der Waals surface area contributed by atoms with E-state index in [0.29, 0.717) is 43.2 Å². The molecule has 11 heteroatoms. The normalized spacial score (nSPS) is 20.6. The molecule has 1 aliphatic carbocycles. The summed E-state index contributed by atoms with van der Waals surface area (Å²) < 4.78 is 1.48. The molecule has 4 N–H and O–H groups in total. The molecule has 2 aromatic carbocycles. The van der Waals surface area contributed by atoms with Gasteiger partial charge in [0.15, 0.2) is 0 Å². The van der Waals surface area contributed by atoms with Gasteiger partial charge in [-0.25, -0.2) is 4.68 Å². The predicted molar refractivity (Wildman–Crippen MR) is 151 cm³/mol. The van der Waals surface area contributed by atoms with Crippen LogP contribution < -0.4 is 16.6 Å². The first-order valence-electron chi connectivity index (χ1n) is 13.1. The van der Waals surface area contributed by atoms with Crippen molar-refractivity contribution >= 4 is 29.9 Å². The summed E-state index contributed by atoms with van der Waals surface area (Å²) in [4.78, 5) is 48.8. The molecule has 0 atom stereocenters. The zero-order chi connectivity index (χ0) is 28.7. The lowest BCUT2D eigenvalue weighted by molar-refractivity contribution is -0.124. The van der Waals surface area contributed by atoms with E-state index < -0.39 is 11.5 Å². The number of hydrogen-bond donors (Lipinski definition) is 3. The summed E-state index contributed by atoms with van der Waals surface area (Å²) in [5, 5.41) is 15.0. The minimum Gasteiger partial charge on any atom is -0.483 e. The molecule has 10 nitrogen and oxygen atoms in total. The number of nitrogens with zero attached hydrogens (tertiary/aromatic N) is 3. The van der Waals surface area contributed by atoms with Crippen LogP contribution in [-0.2, 0) is 15.0 Å². The van der Waals surface area contributed by atoms with Crippen molar-refractivity contribution in [2.75, 3.05) is 26.2 Å². The molecule has 2 fully saturated rings. The van der Waals surface area contributed by atoms with Crippen LogP contribution in [0.4, 0.5) is 0 Å². The Hall–Kier alpha value is -4.02. The van der Waals surface area contributed by atoms with Gasteiger partial charge in [0, 0.05) is 35.6 Å². The van der Waals surface area contributed by atoms with Gasteiger partial charge in [0.1, 0.15) is 5.56 Å². The smallest absolute Gasteiger partial charge is 0.290 e. The van der Waals surface area contributed by atoms with Crippen LogP contribution >= 0.6 is 11.6 Å². The lowest BCUT2D eigenvalue weighted by Gasteiger charge is -2.40. The third-order valence-electron chi connectivity index (χ3n) is 7.65. The Labute approximate surface area is 236 Å². The second kappa shape index (κ2) is 12.9. The first-order valence-corrected chi connectivity index (χ1v) is 13.5. The van der Waals surface area contributed by atoms with Crippen molar-refractivity contribution in [2.24, 2.45) is 5.73 Å². The summed E-state index contributed by atoms with van der Waals surface area (Å²) >= 11 is 6.27. The van der Waals surface area contributed by atoms with E-state index in [-0.39, 0.29) is 35.9 Å². The lowest BCUT2D eigenvalue weighted by Crippen LogP contribution is -2.51. The van der Waals surface area contributed by atoms with Gasteiger partial charge in [0.25, 0.3) is 17.9 Å². The van der Waals surface area contributed by atoms with Gasteiger partial charge >= 0.3 is 0 Å². The van der Waals surface area contributed by atoms with Crippen molar-refractivity contribution in [3.8, 4) is 11.3 Å². The van der Waals surface area contributed by atoms with Crippen molar-refractivity contribution in [3.63, 3.8) is 0 Å². The monoisotopic (exact) mass is 565 g/mol. The highest BCUT2D eigenvalue weighted by Gasteiger charge is 2.37. The van der Waals surface area contributed by atoms with Gasteiger partial charge in [0.05, 0.1) is 18.3 Å². The van der Waals surface area contributed by atoms with Gasteiger partial charge in [-0.1, -0.05) is 54.1 Å². The zero-order valence-electron chi connectivity index (χ0n) is 22.0. The quantitative estimate of drug-likeness (QED) is 0.403. The summed E-state index contributed by atoms with van der Waals surface area (Å²) in [6.45, 7) is 0.883. The van der Waals surface area contributed by atoms with Gasteiger partial charge < -0.3 is 21.1 Å². The Kier molecular flexibility index (Phi) is 9.34. The van der Waals surface area contributed by atoms with Crippen LogP contribution in [0.1, 0.15) is 47.6 Å². The molecule has 2 heterocycles. The van der Waals surface area contributed by atoms with Gasteiger partial charge in [0.2, 0.25) is 5.91 Å². The molecule has 1 saturated carbocycles. The molecular formula is C29H32ClN5O5. The number of nitrogens with two attached hydrogens (primary N) is 1. The van der Waals surface area contributed by atoms with Crippen LogP contribution in [0.15, 0.2) is 65.5 Å². The molecule has 2 amide bonds. The lowest BCUT2D eigenvalue weighted by atomic mass is 9.68. The van der Waals surface area contributed by atoms with Gasteiger partial charge in [-0.15, -0.1) is 0 Å². The van der Waals surface area contributed by atoms with Gasteiger partial charge in [-0.2, -0.15) is 5.10 Å². The van der Waals surface area contributed by atoms with Crippen LogP contribution in [0, 0.1) is 0 Å². The number of nitrogens with one attached hydrogen (secondary N) is 1. The molecule has 3 aromatic rings. The Morgan fingerprint density at radius 2 is 1.82 bits per heavy atom. The van der Waals surface area contributed by atoms with Crippen molar-refractivity contribution in [2.45, 2.75) is 37.1 Å². The van der Waals surface area contributed by atoms with Crippen molar-refractivity contribution in [1.82, 2.24) is 20.0 Å². The molecule has 0 spiro atoms. The van der Waals surface area contributed by atoms with Crippen molar-refractivity contribution in [1.29, 1.82) is 0 Å². The minimum absolute atomic E-state index is 0.0362. The molecule has 40 heavy (non-hydrogen) atoms. The number of amides is 2. The van der Waals surface area contributed by atoms with Crippen LogP contribution in [-0.4, -0.2) is 64.3 Å². The van der Waals surface area contributed by atoms with E-state index in [2.05, 4.69) is 11.4 Å². The molecule has 1 aliphatic heterocycles. The Morgan fingerprint density at radius 3 is 2.45 bits per heavy atom. The molecular weight excluding hydrogens is 534 g/mol. The van der Waals surface area contributed by atoms with E-state index in [9.17, 15) is 14.4 Å². The van der Waals surface area contributed by atoms with E-state index in [0.717, 1.165) is 24.0 Å². The molecule has 1 aromatic heterocycles. The Bertz CT molecular complexity index is 1420. The highest BCUT2D eigenvalue weighted by Crippen LogP contribution is 2.42. The number of halogens is 1. The number of aromatic nitrogens is 2. The molecule has 210 valence electrons. The van der Waals surface area contributed by atoms with E-state index in [1.54, 1.807) is 6.07 Å². The van der Waals surface area contributed by atoms with E-state index >= 15 is 0 Å². The Balaban J connectivity index is 0.00000118. The zero-order valence-corrected chi connectivity index (χ0v) is 22.7. The van der Waals surface area contributed by atoms with Crippen LogP contribution in [0.5, 0.6) is 0 Å². The number of carboxylic acid groups (broad SMARTS) is 1. The molecule has 0 radical (unpaired) electrons. The topological polar surface area (TPSA) is 148 Å². The van der Waals surface area contributed by atoms with Crippen LogP contribution in [0.2, 0.25) is 5.02 Å². The fourth-order valence-electron chi connectivity index (χ4n) is 5.47. The average Bonchev–Trinajstić information content (AvgIpc) is 2.98. The number of carbonyl (C=O) groups is 3. The Morgan fingerprint density at radius 1 is 1.12 bits per heavy atom. The minimum atomic E-state index is -0.445. The summed E-state index contributed by atoms with van der Waals surface area (Å²) in [5.74, 6) is -0.678. The summed E-state index contributed by atoms with van der Waals surface area (Å²) in [6, 6.07) is 18.7. The van der Waals surface area contributed by atoms with Crippen molar-refractivity contribution < 1.29 is 19.5 Å². The summed E-state index contributed by atoms with van der Waals surface area (Å²) in [6.07, 6.45) is 2.92. The second-order valence-corrected chi connectivity index (χ2v) is 10.4. The maximum atomic E-state index is 13.7. The summed E-state index contributed by atoms with van der Waals surface area (Å²) in [7, 11) is 0. The SMILES string of the molecule is NCC1(c2cccc(Cl)c2)CCC(n2nc(-c3ccccc3)cc(C(=O)N3CCNC(=O)C3)c2=O)CC1.O=CO. The molecule has 5 rings (SSSR count). The average molecular weight is 566 g/mol. The van der Waals surface area contributed by atoms with Crippen molar-refractivity contribution in [3.05, 3.63) is 87.2 Å². The molecule has 1 saturated heterocycles. The number of piperazine rings is 1. The number of hydrogen-bond acceptors (Lipinski definition) is 6. The third kappa shape index (κ3) is 6.24. The fraction of sp³-hybridized carbons (Fsp3) is 0.345. The van der Waals surface area contributed by atoms with E-state index in [4.69, 9.17) is 32.3 Å². The maximum Gasteiger partial charge on any atom is 0.290 e. The highest BCUT2D eigenvalue weighted by atomic mass is 35.5. The highest BCUT2D eigenvalue weighted by molar-refractivity contribution is 6.30. The van der Waals surface area contributed by atoms with Gasteiger partial charge in [-0.3, -0.25) is 19.2 Å². The van der Waals surface area contributed by atoms with E-state index in [1.807, 2.05) is 48.5 Å². The standard InChI is InChI=1S/C28H30ClN5O3.CH2O2/c29-21-8-4-7-20(15-21)28(18-30)11-9-22(10-12-28)34-27(37)23(26(36)33-14-13-31-25(35)17-33)16-24(32-34)19-5-2-1-3-6-19;2-1-3/h1-8,15-16,22H,9-14,17-18,30H2,(H,31,35);1H,(H,2,3). The predicted octanol–water partition coefficient (Wildman–Crippen LogP) is 2.85. The van der Waals surface area contributed by atoms with Crippen LogP contribution in [0.25, 0.3) is 11.3 Å². The first-order chi connectivity index (χ1) is 19.3.